The van der Waals surface area contributed by atoms with Crippen LogP contribution in [-0.2, 0) is 0 Å². The van der Waals surface area contributed by atoms with Gasteiger partial charge in [-0.3, -0.25) is 0 Å². The summed E-state index contributed by atoms with van der Waals surface area (Å²) in [6.07, 6.45) is 1.36. The number of aryl methyl sites for hydroxylation is 1. The van der Waals surface area contributed by atoms with E-state index in [-0.39, 0.29) is 5.76 Å². The average molecular weight is 156 g/mol. The highest BCUT2D eigenvalue weighted by Crippen LogP contribution is 2.07. The van der Waals surface area contributed by atoms with Crippen LogP contribution in [0.5, 0.6) is 0 Å². The van der Waals surface area contributed by atoms with Crippen molar-refractivity contribution in [3.8, 4) is 0 Å². The van der Waals surface area contributed by atoms with Gasteiger partial charge in [-0.25, -0.2) is 4.79 Å². The monoisotopic (exact) mass is 156 g/mol. The Labute approximate surface area is 65.6 Å². The van der Waals surface area contributed by atoms with Crippen LogP contribution in [0.1, 0.15) is 30.0 Å². The fraction of sp³-hybridized carbons (Fsp3) is 0.375. The molecule has 0 aliphatic heterocycles. The maximum absolute atomic E-state index is 10.2. The Kier molecular flexibility index (Phi) is 4.03. The summed E-state index contributed by atoms with van der Waals surface area (Å²) < 4.78 is 4.63. The van der Waals surface area contributed by atoms with Gasteiger partial charge in [0.25, 0.3) is 0 Å². The van der Waals surface area contributed by atoms with Crippen LogP contribution in [0.15, 0.2) is 16.7 Å². The second-order valence-corrected chi connectivity index (χ2v) is 1.74. The molecule has 1 aromatic rings. The van der Waals surface area contributed by atoms with Gasteiger partial charge in [0, 0.05) is 5.56 Å². The molecule has 3 nitrogen and oxygen atoms in total. The summed E-state index contributed by atoms with van der Waals surface area (Å²) >= 11 is 0. The first-order chi connectivity index (χ1) is 5.22. The minimum absolute atomic E-state index is 0.0231. The van der Waals surface area contributed by atoms with Crippen molar-refractivity contribution in [2.75, 3.05) is 0 Å². The molecule has 0 spiro atoms. The van der Waals surface area contributed by atoms with E-state index < -0.39 is 5.97 Å². The number of rotatable bonds is 1. The number of aromatic carboxylic acids is 1. The van der Waals surface area contributed by atoms with Crippen molar-refractivity contribution in [2.45, 2.75) is 20.8 Å². The molecular weight excluding hydrogens is 144 g/mol. The van der Waals surface area contributed by atoms with Gasteiger partial charge < -0.3 is 9.52 Å². The zero-order valence-electron chi connectivity index (χ0n) is 6.92. The van der Waals surface area contributed by atoms with Gasteiger partial charge in [0.1, 0.15) is 0 Å². The molecule has 0 radical (unpaired) electrons. The van der Waals surface area contributed by atoms with Gasteiger partial charge >= 0.3 is 5.97 Å². The van der Waals surface area contributed by atoms with Gasteiger partial charge in [-0.2, -0.15) is 0 Å². The molecule has 0 aromatic carbocycles. The Balaban J connectivity index is 0.000000461. The first-order valence-corrected chi connectivity index (χ1v) is 3.49. The van der Waals surface area contributed by atoms with E-state index >= 15 is 0 Å². The minimum atomic E-state index is -1.02. The molecule has 0 aliphatic rings. The van der Waals surface area contributed by atoms with Gasteiger partial charge in [-0.1, -0.05) is 13.8 Å². The van der Waals surface area contributed by atoms with Crippen LogP contribution in [0, 0.1) is 6.92 Å². The first-order valence-electron chi connectivity index (χ1n) is 3.49. The minimum Gasteiger partial charge on any atom is -0.475 e. The molecule has 1 N–H and O–H groups in total. The van der Waals surface area contributed by atoms with E-state index in [1.165, 1.54) is 6.26 Å². The second-order valence-electron chi connectivity index (χ2n) is 1.74. The third-order valence-electron chi connectivity index (χ3n) is 1.06. The second kappa shape index (κ2) is 4.55. The van der Waals surface area contributed by atoms with E-state index in [9.17, 15) is 4.79 Å². The molecule has 1 rings (SSSR count). The largest absolute Gasteiger partial charge is 0.475 e. The van der Waals surface area contributed by atoms with Crippen molar-refractivity contribution < 1.29 is 14.3 Å². The smallest absolute Gasteiger partial charge is 0.372 e. The molecule has 0 saturated heterocycles. The zero-order chi connectivity index (χ0) is 8.85. The zero-order valence-corrected chi connectivity index (χ0v) is 6.92. The van der Waals surface area contributed by atoms with E-state index in [4.69, 9.17) is 5.11 Å². The first kappa shape index (κ1) is 9.75. The highest BCUT2D eigenvalue weighted by atomic mass is 16.4. The maximum atomic E-state index is 10.2. The number of hydrogen-bond acceptors (Lipinski definition) is 2. The fourth-order valence-electron chi connectivity index (χ4n) is 0.592. The quantitative estimate of drug-likeness (QED) is 0.678. The van der Waals surface area contributed by atoms with Gasteiger partial charge in [-0.15, -0.1) is 0 Å². The van der Waals surface area contributed by atoms with Gasteiger partial charge in [0.05, 0.1) is 6.26 Å². The molecule has 1 aromatic heterocycles. The Morgan fingerprint density at radius 2 is 2.09 bits per heavy atom. The lowest BCUT2D eigenvalue weighted by molar-refractivity contribution is 0.0661. The van der Waals surface area contributed by atoms with Crippen LogP contribution in [0.4, 0.5) is 0 Å². The predicted octanol–water partition coefficient (Wildman–Crippen LogP) is 2.31. The van der Waals surface area contributed by atoms with Crippen molar-refractivity contribution in [2.24, 2.45) is 0 Å². The lowest BCUT2D eigenvalue weighted by Crippen LogP contribution is -1.94. The molecule has 0 aliphatic carbocycles. The number of carboxylic acid groups (broad SMARTS) is 1. The Morgan fingerprint density at radius 3 is 2.27 bits per heavy atom. The van der Waals surface area contributed by atoms with Crippen molar-refractivity contribution in [1.82, 2.24) is 0 Å². The molecule has 0 saturated carbocycles. The van der Waals surface area contributed by atoms with E-state index in [1.807, 2.05) is 13.8 Å². The molecule has 0 bridgehead atoms. The molecule has 0 atom stereocenters. The topological polar surface area (TPSA) is 50.4 Å². The van der Waals surface area contributed by atoms with Gasteiger partial charge in [-0.05, 0) is 13.0 Å². The predicted molar refractivity (Wildman–Crippen MR) is 41.8 cm³/mol. The van der Waals surface area contributed by atoms with E-state index in [0.717, 1.165) is 0 Å². The van der Waals surface area contributed by atoms with Crippen LogP contribution in [0.25, 0.3) is 0 Å². The molecule has 11 heavy (non-hydrogen) atoms. The van der Waals surface area contributed by atoms with Crippen LogP contribution in [0.3, 0.4) is 0 Å². The molecule has 3 heteroatoms. The number of hydrogen-bond donors (Lipinski definition) is 1. The summed E-state index contributed by atoms with van der Waals surface area (Å²) in [5.41, 5.74) is 0.655. The van der Waals surface area contributed by atoms with Gasteiger partial charge in [0.2, 0.25) is 5.76 Å². The molecule has 0 fully saturated rings. The van der Waals surface area contributed by atoms with E-state index in [2.05, 4.69) is 4.42 Å². The van der Waals surface area contributed by atoms with Crippen LogP contribution in [-0.4, -0.2) is 11.1 Å². The number of furan rings is 1. The SMILES string of the molecule is CC.Cc1ccoc1C(=O)O. The summed E-state index contributed by atoms with van der Waals surface area (Å²) in [4.78, 5) is 10.2. The van der Waals surface area contributed by atoms with E-state index in [0.29, 0.717) is 5.56 Å². The third-order valence-corrected chi connectivity index (χ3v) is 1.06. The average Bonchev–Trinajstić information content (AvgIpc) is 2.39. The lowest BCUT2D eigenvalue weighted by Gasteiger charge is -1.85. The molecule has 62 valence electrons. The van der Waals surface area contributed by atoms with Crippen LogP contribution in [0.2, 0.25) is 0 Å². The summed E-state index contributed by atoms with van der Waals surface area (Å²) in [5.74, 6) is -0.993. The normalized spacial score (nSPS) is 8.27. The van der Waals surface area contributed by atoms with Crippen molar-refractivity contribution in [3.63, 3.8) is 0 Å². The van der Waals surface area contributed by atoms with Gasteiger partial charge in [0.15, 0.2) is 0 Å². The van der Waals surface area contributed by atoms with Crippen molar-refractivity contribution >= 4 is 5.97 Å². The molecular formula is C8H12O3. The van der Waals surface area contributed by atoms with Crippen molar-refractivity contribution in [1.29, 1.82) is 0 Å². The molecule has 0 unspecified atom stereocenters. The highest BCUT2D eigenvalue weighted by Gasteiger charge is 2.08. The molecule has 0 amide bonds. The Bertz CT molecular complexity index is 225. The summed E-state index contributed by atoms with van der Waals surface area (Å²) in [7, 11) is 0. The standard InChI is InChI=1S/C6H6O3.C2H6/c1-4-2-3-9-5(4)6(7)8;1-2/h2-3H,1H3,(H,7,8);1-2H3. The third kappa shape index (κ3) is 2.45. The van der Waals surface area contributed by atoms with Crippen molar-refractivity contribution in [3.05, 3.63) is 23.7 Å². The summed E-state index contributed by atoms with van der Waals surface area (Å²) in [6.45, 7) is 5.69. The number of carbonyl (C=O) groups is 1. The summed E-state index contributed by atoms with van der Waals surface area (Å²) in [5, 5.41) is 8.36. The Hall–Kier alpha value is -1.25. The van der Waals surface area contributed by atoms with Crippen LogP contribution >= 0.6 is 0 Å². The summed E-state index contributed by atoms with van der Waals surface area (Å²) in [6, 6.07) is 1.61. The maximum Gasteiger partial charge on any atom is 0.372 e. The number of carboxylic acids is 1. The highest BCUT2D eigenvalue weighted by molar-refractivity contribution is 5.85. The Morgan fingerprint density at radius 1 is 1.55 bits per heavy atom. The van der Waals surface area contributed by atoms with E-state index in [1.54, 1.807) is 13.0 Å². The fourth-order valence-corrected chi connectivity index (χ4v) is 0.592. The lowest BCUT2D eigenvalue weighted by atomic mass is 10.3. The van der Waals surface area contributed by atoms with Crippen LogP contribution < -0.4 is 0 Å². The molecule has 1 heterocycles.